The van der Waals surface area contributed by atoms with Gasteiger partial charge in [-0.3, -0.25) is 0 Å². The van der Waals surface area contributed by atoms with E-state index in [-0.39, 0.29) is 22.9 Å². The maximum absolute atomic E-state index is 12.9. The van der Waals surface area contributed by atoms with Crippen LogP contribution in [0.3, 0.4) is 0 Å². The highest BCUT2D eigenvalue weighted by Crippen LogP contribution is 2.37. The summed E-state index contributed by atoms with van der Waals surface area (Å²) in [5.74, 6) is 0.752. The van der Waals surface area contributed by atoms with Crippen molar-refractivity contribution in [3.05, 3.63) is 29.3 Å². The molecule has 0 spiro atoms. The number of benzene rings is 1. The third kappa shape index (κ3) is 5.99. The van der Waals surface area contributed by atoms with Crippen molar-refractivity contribution in [2.75, 3.05) is 5.32 Å². The van der Waals surface area contributed by atoms with Crippen molar-refractivity contribution < 1.29 is 26.3 Å². The van der Waals surface area contributed by atoms with Crippen LogP contribution in [0.15, 0.2) is 18.2 Å². The van der Waals surface area contributed by atoms with Crippen LogP contribution in [0.5, 0.6) is 0 Å². The summed E-state index contributed by atoms with van der Waals surface area (Å²) < 4.78 is 77.7. The predicted molar refractivity (Wildman–Crippen MR) is 96.4 cm³/mol. The molecule has 2 nitrogen and oxygen atoms in total. The van der Waals surface area contributed by atoms with E-state index in [1.807, 2.05) is 0 Å². The van der Waals surface area contributed by atoms with Gasteiger partial charge in [0.15, 0.2) is 5.11 Å². The summed E-state index contributed by atoms with van der Waals surface area (Å²) in [4.78, 5) is 0. The molecule has 1 saturated carbocycles. The smallest absolute Gasteiger partial charge is 0.359 e. The van der Waals surface area contributed by atoms with Gasteiger partial charge in [-0.1, -0.05) is 26.7 Å². The summed E-state index contributed by atoms with van der Waals surface area (Å²) in [6, 6.07) is 1.40. The van der Waals surface area contributed by atoms with Crippen molar-refractivity contribution in [3.63, 3.8) is 0 Å². The van der Waals surface area contributed by atoms with Gasteiger partial charge >= 0.3 is 12.4 Å². The summed E-state index contributed by atoms with van der Waals surface area (Å²) >= 11 is 5.15. The van der Waals surface area contributed by atoms with Gasteiger partial charge < -0.3 is 10.6 Å². The van der Waals surface area contributed by atoms with Crippen LogP contribution in [0.2, 0.25) is 0 Å². The van der Waals surface area contributed by atoms with Crippen LogP contribution in [-0.2, 0) is 12.4 Å². The van der Waals surface area contributed by atoms with Crippen molar-refractivity contribution in [2.45, 2.75) is 57.9 Å². The van der Waals surface area contributed by atoms with E-state index in [2.05, 4.69) is 24.5 Å². The number of hydrogen-bond donors (Lipinski definition) is 2. The van der Waals surface area contributed by atoms with E-state index in [0.29, 0.717) is 24.0 Å². The van der Waals surface area contributed by atoms with E-state index in [9.17, 15) is 26.3 Å². The van der Waals surface area contributed by atoms with Crippen LogP contribution in [0.1, 0.15) is 50.7 Å². The van der Waals surface area contributed by atoms with Crippen molar-refractivity contribution in [3.8, 4) is 0 Å². The Balaban J connectivity index is 2.19. The quantitative estimate of drug-likeness (QED) is 0.455. The minimum Gasteiger partial charge on any atom is -0.359 e. The molecule has 2 N–H and O–H groups in total. The number of nitrogens with one attached hydrogen (secondary N) is 2. The molecular formula is C18H22F6N2S. The van der Waals surface area contributed by atoms with Gasteiger partial charge in [0.05, 0.1) is 11.1 Å². The minimum atomic E-state index is -4.89. The maximum atomic E-state index is 12.9. The first-order valence-electron chi connectivity index (χ1n) is 8.75. The maximum Gasteiger partial charge on any atom is 0.416 e. The van der Waals surface area contributed by atoms with Crippen LogP contribution < -0.4 is 10.6 Å². The fraction of sp³-hybridized carbons (Fsp3) is 0.611. The number of rotatable bonds is 3. The number of anilines is 1. The molecule has 1 fully saturated rings. The second-order valence-electron chi connectivity index (χ2n) is 7.19. The Morgan fingerprint density at radius 3 is 1.96 bits per heavy atom. The van der Waals surface area contributed by atoms with Crippen LogP contribution >= 0.6 is 12.2 Å². The third-order valence-electron chi connectivity index (χ3n) is 4.84. The molecule has 0 aromatic heterocycles. The number of hydrogen-bond acceptors (Lipinski definition) is 1. The Labute approximate surface area is 159 Å². The molecule has 2 atom stereocenters. The lowest BCUT2D eigenvalue weighted by Crippen LogP contribution is -2.45. The Bertz CT molecular complexity index is 637. The third-order valence-corrected chi connectivity index (χ3v) is 5.06. The highest BCUT2D eigenvalue weighted by molar-refractivity contribution is 7.80. The summed E-state index contributed by atoms with van der Waals surface area (Å²) in [5.41, 5.74) is -3.09. The standard InChI is InChI=1S/C18H22F6N2S/c1-10(2)14-5-3-4-6-15(14)26-16(27)25-13-8-11(17(19,20)21)7-12(9-13)18(22,23)24/h7-10,14-15H,3-6H2,1-2H3,(H2,25,26,27)/t14-,15-/m1/s1. The molecular weight excluding hydrogens is 390 g/mol. The van der Waals surface area contributed by atoms with Crippen LogP contribution in [0, 0.1) is 11.8 Å². The molecule has 9 heteroatoms. The van der Waals surface area contributed by atoms with Gasteiger partial charge in [-0.2, -0.15) is 26.3 Å². The van der Waals surface area contributed by atoms with Crippen molar-refractivity contribution >= 4 is 23.0 Å². The van der Waals surface area contributed by atoms with Crippen LogP contribution in [0.25, 0.3) is 0 Å². The van der Waals surface area contributed by atoms with Gasteiger partial charge in [0, 0.05) is 11.7 Å². The largest absolute Gasteiger partial charge is 0.416 e. The average Bonchev–Trinajstić information content (AvgIpc) is 2.53. The lowest BCUT2D eigenvalue weighted by molar-refractivity contribution is -0.143. The summed E-state index contributed by atoms with van der Waals surface area (Å²) in [6.45, 7) is 4.17. The van der Waals surface area contributed by atoms with E-state index in [4.69, 9.17) is 12.2 Å². The number of thiocarbonyl (C=S) groups is 1. The fourth-order valence-corrected chi connectivity index (χ4v) is 3.77. The Hall–Kier alpha value is -1.51. The molecule has 0 amide bonds. The van der Waals surface area contributed by atoms with Gasteiger partial charge in [-0.25, -0.2) is 0 Å². The second-order valence-corrected chi connectivity index (χ2v) is 7.60. The Morgan fingerprint density at radius 1 is 0.963 bits per heavy atom. The topological polar surface area (TPSA) is 24.1 Å². The number of alkyl halides is 6. The average molecular weight is 412 g/mol. The highest BCUT2D eigenvalue weighted by atomic mass is 32.1. The molecule has 2 rings (SSSR count). The lowest BCUT2D eigenvalue weighted by Gasteiger charge is -2.35. The molecule has 0 radical (unpaired) electrons. The van der Waals surface area contributed by atoms with E-state index in [0.717, 1.165) is 25.7 Å². The van der Waals surface area contributed by atoms with E-state index in [1.54, 1.807) is 0 Å². The molecule has 1 aromatic rings. The Kier molecular flexibility index (Phi) is 6.65. The highest BCUT2D eigenvalue weighted by Gasteiger charge is 2.37. The molecule has 0 heterocycles. The van der Waals surface area contributed by atoms with E-state index < -0.39 is 23.5 Å². The predicted octanol–water partition coefficient (Wildman–Crippen LogP) is 6.23. The molecule has 0 saturated heterocycles. The molecule has 1 aliphatic rings. The first kappa shape index (κ1) is 21.8. The summed E-state index contributed by atoms with van der Waals surface area (Å²) in [6.07, 6.45) is -5.80. The molecule has 27 heavy (non-hydrogen) atoms. The van der Waals surface area contributed by atoms with Crippen molar-refractivity contribution in [1.82, 2.24) is 5.32 Å². The van der Waals surface area contributed by atoms with Gasteiger partial charge in [0.2, 0.25) is 0 Å². The normalized spacial score (nSPS) is 21.2. The van der Waals surface area contributed by atoms with Gasteiger partial charge in [-0.05, 0) is 55.1 Å². The molecule has 1 aliphatic carbocycles. The lowest BCUT2D eigenvalue weighted by atomic mass is 9.78. The van der Waals surface area contributed by atoms with Crippen LogP contribution in [0.4, 0.5) is 32.0 Å². The first-order valence-corrected chi connectivity index (χ1v) is 9.15. The van der Waals surface area contributed by atoms with Gasteiger partial charge in [0.25, 0.3) is 0 Å². The van der Waals surface area contributed by atoms with Crippen molar-refractivity contribution in [1.29, 1.82) is 0 Å². The SMILES string of the molecule is CC(C)[C@H]1CCCC[C@H]1NC(=S)Nc1cc(C(F)(F)F)cc(C(F)(F)F)c1. The van der Waals surface area contributed by atoms with Crippen molar-refractivity contribution in [2.24, 2.45) is 11.8 Å². The fourth-order valence-electron chi connectivity index (χ4n) is 3.50. The monoisotopic (exact) mass is 412 g/mol. The zero-order valence-corrected chi connectivity index (χ0v) is 15.8. The molecule has 152 valence electrons. The van der Waals surface area contributed by atoms with Gasteiger partial charge in [0.1, 0.15) is 0 Å². The molecule has 0 bridgehead atoms. The molecule has 1 aromatic carbocycles. The molecule has 0 aliphatic heterocycles. The minimum absolute atomic E-state index is 0.0278. The van der Waals surface area contributed by atoms with E-state index >= 15 is 0 Å². The summed E-state index contributed by atoms with van der Waals surface area (Å²) in [7, 11) is 0. The second kappa shape index (κ2) is 8.24. The first-order chi connectivity index (χ1) is 12.4. The summed E-state index contributed by atoms with van der Waals surface area (Å²) in [5, 5.41) is 5.59. The van der Waals surface area contributed by atoms with Crippen LogP contribution in [-0.4, -0.2) is 11.2 Å². The van der Waals surface area contributed by atoms with E-state index in [1.165, 1.54) is 0 Å². The zero-order chi connectivity index (χ0) is 20.4. The zero-order valence-electron chi connectivity index (χ0n) is 15.0. The van der Waals surface area contributed by atoms with Gasteiger partial charge in [-0.15, -0.1) is 0 Å². The number of halogens is 6. The molecule has 0 unspecified atom stereocenters. The Morgan fingerprint density at radius 2 is 1.48 bits per heavy atom.